The molecule has 0 bridgehead atoms. The molecule has 0 amide bonds. The van der Waals surface area contributed by atoms with Crippen LogP contribution < -0.4 is 0 Å². The van der Waals surface area contributed by atoms with Crippen molar-refractivity contribution in [3.8, 4) is 11.5 Å². The van der Waals surface area contributed by atoms with Gasteiger partial charge >= 0.3 is 0 Å². The van der Waals surface area contributed by atoms with Crippen LogP contribution in [0.1, 0.15) is 18.1 Å². The molecule has 1 heterocycles. The summed E-state index contributed by atoms with van der Waals surface area (Å²) in [5, 5.41) is 14.3. The fourth-order valence-electron chi connectivity index (χ4n) is 1.37. The molecule has 2 rings (SSSR count). The maximum absolute atomic E-state index is 10.9. The van der Waals surface area contributed by atoms with Crippen LogP contribution in [0.3, 0.4) is 0 Å². The summed E-state index contributed by atoms with van der Waals surface area (Å²) < 4.78 is 4.95. The van der Waals surface area contributed by atoms with Crippen molar-refractivity contribution < 1.29 is 9.45 Å². The summed E-state index contributed by atoms with van der Waals surface area (Å²) in [4.78, 5) is 14.3. The smallest absolute Gasteiger partial charge is 0.283 e. The molecule has 0 aliphatic carbocycles. The first-order valence-electron chi connectivity index (χ1n) is 4.91. The molecule has 0 spiro atoms. The Bertz CT molecular complexity index is 598. The van der Waals surface area contributed by atoms with Gasteiger partial charge < -0.3 is 4.52 Å². The van der Waals surface area contributed by atoms with Crippen LogP contribution in [0.25, 0.3) is 11.5 Å². The predicted octanol–water partition coefficient (Wildman–Crippen LogP) is 3.60. The third-order valence-corrected chi connectivity index (χ3v) is 2.71. The highest BCUT2D eigenvalue weighted by Crippen LogP contribution is 2.35. The number of benzene rings is 1. The molecule has 0 aliphatic heterocycles. The SMILES string of the molecule is CC(Cl)c1noc(-c2c(Cl)cccc2[N+](=O)[O-])n1. The number of nitrogens with zero attached hydrogens (tertiary/aromatic N) is 3. The average molecular weight is 288 g/mol. The van der Waals surface area contributed by atoms with Crippen molar-refractivity contribution in [3.05, 3.63) is 39.2 Å². The molecule has 0 saturated heterocycles. The Kier molecular flexibility index (Phi) is 3.49. The molecule has 2 aromatic rings. The van der Waals surface area contributed by atoms with Gasteiger partial charge in [0, 0.05) is 6.07 Å². The number of halogens is 2. The number of nitro benzene ring substituents is 1. The molecule has 1 atom stereocenters. The van der Waals surface area contributed by atoms with Gasteiger partial charge in [0.25, 0.3) is 11.6 Å². The number of nitro groups is 1. The predicted molar refractivity (Wildman–Crippen MR) is 65.7 cm³/mol. The van der Waals surface area contributed by atoms with Crippen LogP contribution >= 0.6 is 23.2 Å². The molecule has 0 N–H and O–H groups in total. The first-order chi connectivity index (χ1) is 8.50. The van der Waals surface area contributed by atoms with E-state index in [4.69, 9.17) is 27.7 Å². The Balaban J connectivity index is 2.58. The quantitative estimate of drug-likeness (QED) is 0.489. The molecule has 94 valence electrons. The summed E-state index contributed by atoms with van der Waals surface area (Å²) in [5.74, 6) is 0.232. The van der Waals surface area contributed by atoms with Gasteiger partial charge in [0.1, 0.15) is 5.56 Å². The van der Waals surface area contributed by atoms with Crippen molar-refractivity contribution >= 4 is 28.9 Å². The Morgan fingerprint density at radius 2 is 2.22 bits per heavy atom. The number of rotatable bonds is 3. The van der Waals surface area contributed by atoms with Gasteiger partial charge in [0.15, 0.2) is 5.82 Å². The zero-order valence-corrected chi connectivity index (χ0v) is 10.6. The van der Waals surface area contributed by atoms with Crippen molar-refractivity contribution in [2.75, 3.05) is 0 Å². The lowest BCUT2D eigenvalue weighted by Crippen LogP contribution is -1.93. The number of aromatic nitrogens is 2. The van der Waals surface area contributed by atoms with E-state index < -0.39 is 10.3 Å². The van der Waals surface area contributed by atoms with Crippen LogP contribution in [-0.2, 0) is 0 Å². The summed E-state index contributed by atoms with van der Waals surface area (Å²) in [5.41, 5.74) is -0.0971. The molecule has 8 heteroatoms. The first kappa shape index (κ1) is 12.8. The standard InChI is InChI=1S/C10H7Cl2N3O3/c1-5(11)9-13-10(18-14-9)8-6(12)3-2-4-7(8)15(16)17/h2-5H,1H3. The summed E-state index contributed by atoms with van der Waals surface area (Å²) in [6.07, 6.45) is 0. The van der Waals surface area contributed by atoms with E-state index in [9.17, 15) is 10.1 Å². The summed E-state index contributed by atoms with van der Waals surface area (Å²) in [6.45, 7) is 1.66. The Hall–Kier alpha value is -1.66. The molecule has 6 nitrogen and oxygen atoms in total. The normalized spacial score (nSPS) is 12.4. The topological polar surface area (TPSA) is 82.1 Å². The minimum atomic E-state index is -0.560. The zero-order valence-electron chi connectivity index (χ0n) is 9.13. The lowest BCUT2D eigenvalue weighted by atomic mass is 10.2. The van der Waals surface area contributed by atoms with Gasteiger partial charge in [-0.2, -0.15) is 4.98 Å². The van der Waals surface area contributed by atoms with Crippen molar-refractivity contribution in [2.45, 2.75) is 12.3 Å². The van der Waals surface area contributed by atoms with Crippen LogP contribution in [0.5, 0.6) is 0 Å². The third-order valence-electron chi connectivity index (χ3n) is 2.20. The molecule has 1 unspecified atom stereocenters. The van der Waals surface area contributed by atoms with Gasteiger partial charge in [-0.15, -0.1) is 11.6 Å². The second-order valence-corrected chi connectivity index (χ2v) is 4.53. The van der Waals surface area contributed by atoms with Gasteiger partial charge in [-0.1, -0.05) is 22.8 Å². The van der Waals surface area contributed by atoms with E-state index in [1.165, 1.54) is 18.2 Å². The van der Waals surface area contributed by atoms with Crippen LogP contribution in [0, 0.1) is 10.1 Å². The highest BCUT2D eigenvalue weighted by Gasteiger charge is 2.24. The largest absolute Gasteiger partial charge is 0.334 e. The van der Waals surface area contributed by atoms with Gasteiger partial charge in [0.2, 0.25) is 0 Å². The van der Waals surface area contributed by atoms with Crippen LogP contribution in [0.4, 0.5) is 5.69 Å². The Morgan fingerprint density at radius 3 is 2.78 bits per heavy atom. The maximum Gasteiger partial charge on any atom is 0.283 e. The second-order valence-electron chi connectivity index (χ2n) is 3.46. The van der Waals surface area contributed by atoms with Crippen molar-refractivity contribution in [1.82, 2.24) is 10.1 Å². The van der Waals surface area contributed by atoms with E-state index in [1.54, 1.807) is 6.92 Å². The van der Waals surface area contributed by atoms with E-state index in [-0.39, 0.29) is 28.0 Å². The molecule has 1 aromatic heterocycles. The Labute approximate surface area is 112 Å². The van der Waals surface area contributed by atoms with Gasteiger partial charge in [-0.3, -0.25) is 10.1 Å². The molecular formula is C10H7Cl2N3O3. The zero-order chi connectivity index (χ0) is 13.3. The molecule has 0 saturated carbocycles. The third kappa shape index (κ3) is 2.30. The minimum absolute atomic E-state index is 0.0187. The van der Waals surface area contributed by atoms with E-state index >= 15 is 0 Å². The average Bonchev–Trinajstić information content (AvgIpc) is 2.77. The van der Waals surface area contributed by atoms with E-state index in [0.717, 1.165) is 0 Å². The minimum Gasteiger partial charge on any atom is -0.334 e. The van der Waals surface area contributed by atoms with E-state index in [0.29, 0.717) is 0 Å². The molecule has 0 fully saturated rings. The number of hydrogen-bond donors (Lipinski definition) is 0. The first-order valence-corrected chi connectivity index (χ1v) is 5.73. The van der Waals surface area contributed by atoms with Crippen LogP contribution in [0.15, 0.2) is 22.7 Å². The number of hydrogen-bond acceptors (Lipinski definition) is 5. The summed E-state index contributed by atoms with van der Waals surface area (Å²) >= 11 is 11.7. The summed E-state index contributed by atoms with van der Waals surface area (Å²) in [6, 6.07) is 4.30. The highest BCUT2D eigenvalue weighted by molar-refractivity contribution is 6.33. The second kappa shape index (κ2) is 4.91. The maximum atomic E-state index is 10.9. The van der Waals surface area contributed by atoms with Crippen molar-refractivity contribution in [2.24, 2.45) is 0 Å². The monoisotopic (exact) mass is 287 g/mol. The molecule has 1 aromatic carbocycles. The lowest BCUT2D eigenvalue weighted by molar-refractivity contribution is -0.384. The molecule has 0 aliphatic rings. The fourth-order valence-corrected chi connectivity index (χ4v) is 1.71. The van der Waals surface area contributed by atoms with Gasteiger partial charge in [-0.05, 0) is 13.0 Å². The molecular weight excluding hydrogens is 281 g/mol. The molecule has 18 heavy (non-hydrogen) atoms. The highest BCUT2D eigenvalue weighted by atomic mass is 35.5. The van der Waals surface area contributed by atoms with Crippen molar-refractivity contribution in [1.29, 1.82) is 0 Å². The Morgan fingerprint density at radius 1 is 1.50 bits per heavy atom. The van der Waals surface area contributed by atoms with E-state index in [2.05, 4.69) is 10.1 Å². The van der Waals surface area contributed by atoms with Crippen LogP contribution in [0.2, 0.25) is 5.02 Å². The van der Waals surface area contributed by atoms with Crippen molar-refractivity contribution in [3.63, 3.8) is 0 Å². The summed E-state index contributed by atoms with van der Waals surface area (Å²) in [7, 11) is 0. The fraction of sp³-hybridized carbons (Fsp3) is 0.200. The van der Waals surface area contributed by atoms with Gasteiger partial charge in [-0.25, -0.2) is 0 Å². The molecule has 0 radical (unpaired) electrons. The number of alkyl halides is 1. The van der Waals surface area contributed by atoms with E-state index in [1.807, 2.05) is 0 Å². The van der Waals surface area contributed by atoms with Crippen LogP contribution in [-0.4, -0.2) is 15.1 Å². The lowest BCUT2D eigenvalue weighted by Gasteiger charge is -1.99. The van der Waals surface area contributed by atoms with Gasteiger partial charge in [0.05, 0.1) is 15.3 Å².